The summed E-state index contributed by atoms with van der Waals surface area (Å²) >= 11 is 0. The van der Waals surface area contributed by atoms with Gasteiger partial charge in [-0.05, 0) is 6.04 Å². The van der Waals surface area contributed by atoms with Crippen LogP contribution in [-0.2, 0) is 9.53 Å². The van der Waals surface area contributed by atoms with E-state index in [-0.39, 0.29) is 11.9 Å². The quantitative estimate of drug-likeness (QED) is 0.394. The Morgan fingerprint density at radius 2 is 2.20 bits per heavy atom. The maximum Gasteiger partial charge on any atom is 0.308 e. The van der Waals surface area contributed by atoms with Crippen LogP contribution in [0.5, 0.6) is 0 Å². The highest BCUT2D eigenvalue weighted by Crippen LogP contribution is 2.23. The molecule has 1 rings (SSSR count). The zero-order chi connectivity index (χ0) is 7.78. The van der Waals surface area contributed by atoms with E-state index in [1.165, 1.54) is 0 Å². The van der Waals surface area contributed by atoms with E-state index in [0.29, 0.717) is 0 Å². The van der Waals surface area contributed by atoms with Gasteiger partial charge in [-0.2, -0.15) is 0 Å². The smallest absolute Gasteiger partial charge is 0.308 e. The van der Waals surface area contributed by atoms with Crippen molar-refractivity contribution in [1.29, 1.82) is 0 Å². The first-order chi connectivity index (χ1) is 4.51. The molecule has 1 unspecified atom stereocenters. The summed E-state index contributed by atoms with van der Waals surface area (Å²) in [6.07, 6.45) is 0.718. The first-order valence-corrected chi connectivity index (χ1v) is 7.09. The lowest BCUT2D eigenvalue weighted by molar-refractivity contribution is -0.146. The number of hydrogen-bond donors (Lipinski definition) is 0. The molecule has 10 heavy (non-hydrogen) atoms. The van der Waals surface area contributed by atoms with Crippen LogP contribution in [0.2, 0.25) is 19.1 Å². The molecule has 1 heterocycles. The first kappa shape index (κ1) is 7.79. The van der Waals surface area contributed by atoms with Gasteiger partial charge >= 0.3 is 5.97 Å². The van der Waals surface area contributed by atoms with Gasteiger partial charge in [0.15, 0.2) is 0 Å². The Kier molecular flexibility index (Phi) is 1.85. The van der Waals surface area contributed by atoms with Crippen molar-refractivity contribution in [2.24, 2.45) is 5.92 Å². The molecule has 1 saturated heterocycles. The van der Waals surface area contributed by atoms with Crippen molar-refractivity contribution < 1.29 is 9.53 Å². The third-order valence-corrected chi connectivity index (χ3v) is 4.51. The predicted molar refractivity (Wildman–Crippen MR) is 42.4 cm³/mol. The zero-order valence-electron chi connectivity index (χ0n) is 6.81. The molecule has 0 aromatic rings. The number of cyclic esters (lactones) is 1. The van der Waals surface area contributed by atoms with Gasteiger partial charge in [0, 0.05) is 0 Å². The monoisotopic (exact) mass is 158 g/mol. The molecule has 1 aliphatic heterocycles. The summed E-state index contributed by atoms with van der Waals surface area (Å²) in [7, 11) is -1.14. The molecule has 1 atom stereocenters. The highest BCUT2D eigenvalue weighted by Gasteiger charge is 2.34. The molecule has 0 radical (unpaired) electrons. The molecule has 0 aromatic heterocycles. The molecule has 0 N–H and O–H groups in total. The Hall–Kier alpha value is -0.313. The van der Waals surface area contributed by atoms with E-state index in [9.17, 15) is 4.79 Å². The molecule has 0 aliphatic carbocycles. The minimum Gasteiger partial charge on any atom is -0.469 e. The Morgan fingerprint density at radius 1 is 1.60 bits per heavy atom. The molecule has 0 spiro atoms. The van der Waals surface area contributed by atoms with Crippen molar-refractivity contribution in [2.75, 3.05) is 6.23 Å². The van der Waals surface area contributed by atoms with Crippen LogP contribution in [0.15, 0.2) is 0 Å². The SMILES string of the molecule is CC1C[Si](C)(C)COC1=O. The van der Waals surface area contributed by atoms with E-state index >= 15 is 0 Å². The molecule has 0 saturated carbocycles. The second kappa shape index (κ2) is 2.38. The van der Waals surface area contributed by atoms with E-state index in [2.05, 4.69) is 13.1 Å². The highest BCUT2D eigenvalue weighted by atomic mass is 28.3. The predicted octanol–water partition coefficient (Wildman–Crippen LogP) is 1.43. The molecule has 58 valence electrons. The zero-order valence-corrected chi connectivity index (χ0v) is 7.81. The summed E-state index contributed by atoms with van der Waals surface area (Å²) in [5.74, 6) is 0.141. The van der Waals surface area contributed by atoms with Crippen molar-refractivity contribution in [2.45, 2.75) is 26.1 Å². The van der Waals surface area contributed by atoms with Gasteiger partial charge in [-0.1, -0.05) is 20.0 Å². The summed E-state index contributed by atoms with van der Waals surface area (Å²) in [5, 5.41) is 0. The molecule has 1 fully saturated rings. The van der Waals surface area contributed by atoms with Crippen molar-refractivity contribution in [3.63, 3.8) is 0 Å². The summed E-state index contributed by atoms with van der Waals surface area (Å²) in [5.41, 5.74) is 0. The Morgan fingerprint density at radius 3 is 2.60 bits per heavy atom. The lowest BCUT2D eigenvalue weighted by Gasteiger charge is -2.30. The van der Waals surface area contributed by atoms with Crippen molar-refractivity contribution in [3.05, 3.63) is 0 Å². The Labute approximate surface area is 62.6 Å². The fraction of sp³-hybridized carbons (Fsp3) is 0.857. The van der Waals surface area contributed by atoms with Gasteiger partial charge in [0.1, 0.15) is 0 Å². The summed E-state index contributed by atoms with van der Waals surface area (Å²) in [6.45, 7) is 6.47. The van der Waals surface area contributed by atoms with E-state index in [0.717, 1.165) is 12.3 Å². The van der Waals surface area contributed by atoms with E-state index in [1.807, 2.05) is 6.92 Å². The highest BCUT2D eigenvalue weighted by molar-refractivity contribution is 6.78. The molecule has 0 aromatic carbocycles. The molecule has 0 amide bonds. The lowest BCUT2D eigenvalue weighted by Crippen LogP contribution is -2.43. The fourth-order valence-corrected chi connectivity index (χ4v) is 3.86. The van der Waals surface area contributed by atoms with Crippen LogP contribution in [0.25, 0.3) is 0 Å². The maximum absolute atomic E-state index is 10.9. The molecular formula is C7H14O2Si. The Bertz CT molecular complexity index is 154. The van der Waals surface area contributed by atoms with Crippen LogP contribution in [0, 0.1) is 5.92 Å². The number of esters is 1. The standard InChI is InChI=1S/C7H14O2Si/c1-6-4-10(2,3)5-9-7(6)8/h6H,4-5H2,1-3H3. The second-order valence-corrected chi connectivity index (χ2v) is 8.90. The third kappa shape index (κ3) is 1.59. The van der Waals surface area contributed by atoms with Gasteiger partial charge in [-0.25, -0.2) is 0 Å². The average Bonchev–Trinajstić information content (AvgIpc) is 1.79. The van der Waals surface area contributed by atoms with Crippen LogP contribution < -0.4 is 0 Å². The van der Waals surface area contributed by atoms with Gasteiger partial charge in [-0.3, -0.25) is 4.79 Å². The lowest BCUT2D eigenvalue weighted by atomic mass is 10.2. The minimum absolute atomic E-state index is 0.00757. The van der Waals surface area contributed by atoms with E-state index < -0.39 is 8.07 Å². The summed E-state index contributed by atoms with van der Waals surface area (Å²) in [4.78, 5) is 10.9. The topological polar surface area (TPSA) is 26.3 Å². The molecule has 0 bridgehead atoms. The summed E-state index contributed by atoms with van der Waals surface area (Å²) in [6, 6.07) is 1.09. The van der Waals surface area contributed by atoms with E-state index in [4.69, 9.17) is 4.74 Å². The van der Waals surface area contributed by atoms with Crippen LogP contribution in [-0.4, -0.2) is 20.3 Å². The second-order valence-electron chi connectivity index (χ2n) is 3.88. The molecular weight excluding hydrogens is 144 g/mol. The number of carbonyl (C=O) groups excluding carboxylic acids is 1. The van der Waals surface area contributed by atoms with Gasteiger partial charge in [0.2, 0.25) is 0 Å². The number of ether oxygens (including phenoxy) is 1. The third-order valence-electron chi connectivity index (χ3n) is 1.87. The minimum atomic E-state index is -1.14. The van der Waals surface area contributed by atoms with Gasteiger partial charge in [0.05, 0.1) is 20.2 Å². The largest absolute Gasteiger partial charge is 0.469 e. The number of hydrogen-bond acceptors (Lipinski definition) is 2. The van der Waals surface area contributed by atoms with Crippen LogP contribution in [0.1, 0.15) is 6.92 Å². The van der Waals surface area contributed by atoms with Gasteiger partial charge in [0.25, 0.3) is 0 Å². The fourth-order valence-electron chi connectivity index (χ4n) is 1.38. The van der Waals surface area contributed by atoms with Crippen LogP contribution >= 0.6 is 0 Å². The molecule has 1 aliphatic rings. The van der Waals surface area contributed by atoms with Crippen molar-refractivity contribution in [1.82, 2.24) is 0 Å². The van der Waals surface area contributed by atoms with E-state index in [1.54, 1.807) is 0 Å². The van der Waals surface area contributed by atoms with Gasteiger partial charge in [-0.15, -0.1) is 0 Å². The Balaban J connectivity index is 2.57. The molecule has 3 heteroatoms. The number of rotatable bonds is 0. The normalized spacial score (nSPS) is 31.5. The van der Waals surface area contributed by atoms with Crippen molar-refractivity contribution >= 4 is 14.0 Å². The molecule has 2 nitrogen and oxygen atoms in total. The first-order valence-electron chi connectivity index (χ1n) is 3.68. The summed E-state index contributed by atoms with van der Waals surface area (Å²) < 4.78 is 5.03. The average molecular weight is 158 g/mol. The number of carbonyl (C=O) groups is 1. The van der Waals surface area contributed by atoms with Crippen molar-refractivity contribution in [3.8, 4) is 0 Å². The maximum atomic E-state index is 10.9. The van der Waals surface area contributed by atoms with Crippen LogP contribution in [0.3, 0.4) is 0 Å². The van der Waals surface area contributed by atoms with Gasteiger partial charge < -0.3 is 4.74 Å². The van der Waals surface area contributed by atoms with Crippen LogP contribution in [0.4, 0.5) is 0 Å².